The summed E-state index contributed by atoms with van der Waals surface area (Å²) in [5.41, 5.74) is 1.00. The van der Waals surface area contributed by atoms with E-state index in [0.29, 0.717) is 36.5 Å². The molecule has 0 radical (unpaired) electrons. The Hall–Kier alpha value is -1.60. The fraction of sp³-hybridized carbons (Fsp3) is 0.611. The van der Waals surface area contributed by atoms with Gasteiger partial charge in [-0.05, 0) is 49.8 Å². The Morgan fingerprint density at radius 2 is 1.88 bits per heavy atom. The van der Waals surface area contributed by atoms with Crippen LogP contribution in [0.4, 0.5) is 0 Å². The number of rotatable bonds is 6. The molecule has 1 saturated heterocycles. The molecule has 1 aliphatic carbocycles. The molecule has 1 saturated carbocycles. The van der Waals surface area contributed by atoms with Crippen LogP contribution in [0.3, 0.4) is 0 Å². The monoisotopic (exact) mass is 364 g/mol. The van der Waals surface area contributed by atoms with E-state index < -0.39 is 10.0 Å². The average Bonchev–Trinajstić information content (AvgIpc) is 3.05. The Labute approximate surface area is 150 Å². The lowest BCUT2D eigenvalue weighted by atomic mass is 10.2. The Morgan fingerprint density at radius 1 is 1.24 bits per heavy atom. The maximum absolute atomic E-state index is 12.5. The first-order valence-corrected chi connectivity index (χ1v) is 10.6. The topological polar surface area (TPSA) is 73.8 Å². The molecule has 1 aromatic carbocycles. The van der Waals surface area contributed by atoms with Gasteiger partial charge in [0.1, 0.15) is 0 Å². The molecule has 2 N–H and O–H groups in total. The van der Waals surface area contributed by atoms with E-state index in [0.717, 1.165) is 30.9 Å². The Bertz CT molecular complexity index is 709. The molecule has 2 fully saturated rings. The van der Waals surface area contributed by atoms with Crippen molar-refractivity contribution in [3.05, 3.63) is 29.8 Å². The van der Waals surface area contributed by atoms with Gasteiger partial charge in [0.15, 0.2) is 5.96 Å². The maximum Gasteiger partial charge on any atom is 0.243 e. The number of benzene rings is 1. The van der Waals surface area contributed by atoms with Crippen molar-refractivity contribution in [1.82, 2.24) is 14.9 Å². The smallest absolute Gasteiger partial charge is 0.243 e. The molecule has 0 spiro atoms. The van der Waals surface area contributed by atoms with E-state index in [1.807, 2.05) is 19.1 Å². The SMILES string of the molecule is CCNC(=NCc1ccc(S(=O)(=O)N2CCCC2)cc1)NC1CC1C. The van der Waals surface area contributed by atoms with E-state index >= 15 is 0 Å². The molecule has 2 unspecified atom stereocenters. The summed E-state index contributed by atoms with van der Waals surface area (Å²) in [4.78, 5) is 4.98. The van der Waals surface area contributed by atoms with Crippen LogP contribution in [0, 0.1) is 5.92 Å². The van der Waals surface area contributed by atoms with Gasteiger partial charge in [-0.2, -0.15) is 4.31 Å². The van der Waals surface area contributed by atoms with Crippen LogP contribution in [0.5, 0.6) is 0 Å². The summed E-state index contributed by atoms with van der Waals surface area (Å²) >= 11 is 0. The first kappa shape index (κ1) is 18.2. The molecule has 0 aromatic heterocycles. The van der Waals surface area contributed by atoms with Crippen LogP contribution in [0.2, 0.25) is 0 Å². The molecule has 3 rings (SSSR count). The molecular weight excluding hydrogens is 336 g/mol. The summed E-state index contributed by atoms with van der Waals surface area (Å²) in [6, 6.07) is 7.63. The lowest BCUT2D eigenvalue weighted by Crippen LogP contribution is -2.39. The Balaban J connectivity index is 1.64. The third-order valence-corrected chi connectivity index (χ3v) is 6.73. The fourth-order valence-electron chi connectivity index (χ4n) is 3.03. The molecule has 1 heterocycles. The van der Waals surface area contributed by atoms with E-state index in [-0.39, 0.29) is 0 Å². The predicted molar refractivity (Wildman–Crippen MR) is 100.0 cm³/mol. The van der Waals surface area contributed by atoms with Gasteiger partial charge in [-0.1, -0.05) is 19.1 Å². The zero-order valence-electron chi connectivity index (χ0n) is 15.0. The number of hydrogen-bond acceptors (Lipinski definition) is 3. The highest BCUT2D eigenvalue weighted by Gasteiger charge is 2.33. The highest BCUT2D eigenvalue weighted by atomic mass is 32.2. The Kier molecular flexibility index (Phi) is 5.64. The van der Waals surface area contributed by atoms with Crippen molar-refractivity contribution in [3.63, 3.8) is 0 Å². The van der Waals surface area contributed by atoms with Crippen LogP contribution in [0.1, 0.15) is 38.7 Å². The number of sulfonamides is 1. The summed E-state index contributed by atoms with van der Waals surface area (Å²) in [5, 5.41) is 6.67. The fourth-order valence-corrected chi connectivity index (χ4v) is 4.55. The lowest BCUT2D eigenvalue weighted by molar-refractivity contribution is 0.477. The molecule has 138 valence electrons. The van der Waals surface area contributed by atoms with Gasteiger partial charge >= 0.3 is 0 Å². The first-order valence-electron chi connectivity index (χ1n) is 9.14. The largest absolute Gasteiger partial charge is 0.357 e. The minimum atomic E-state index is -3.34. The van der Waals surface area contributed by atoms with Crippen molar-refractivity contribution < 1.29 is 8.42 Å². The van der Waals surface area contributed by atoms with E-state index in [1.165, 1.54) is 6.42 Å². The van der Waals surface area contributed by atoms with Gasteiger partial charge in [-0.15, -0.1) is 0 Å². The molecule has 0 amide bonds. The lowest BCUT2D eigenvalue weighted by Gasteiger charge is -2.15. The van der Waals surface area contributed by atoms with E-state index in [4.69, 9.17) is 0 Å². The molecule has 2 aliphatic rings. The van der Waals surface area contributed by atoms with E-state index in [9.17, 15) is 8.42 Å². The summed E-state index contributed by atoms with van der Waals surface area (Å²) in [7, 11) is -3.34. The highest BCUT2D eigenvalue weighted by Crippen LogP contribution is 2.28. The van der Waals surface area contributed by atoms with Gasteiger partial charge in [0.05, 0.1) is 11.4 Å². The van der Waals surface area contributed by atoms with Crippen LogP contribution in [-0.4, -0.2) is 44.4 Å². The average molecular weight is 365 g/mol. The van der Waals surface area contributed by atoms with E-state index in [2.05, 4.69) is 22.5 Å². The van der Waals surface area contributed by atoms with Crippen molar-refractivity contribution in [2.45, 2.75) is 50.6 Å². The number of nitrogens with zero attached hydrogens (tertiary/aromatic N) is 2. The number of nitrogens with one attached hydrogen (secondary N) is 2. The number of hydrogen-bond donors (Lipinski definition) is 2. The summed E-state index contributed by atoms with van der Waals surface area (Å²) in [6.07, 6.45) is 3.09. The molecule has 1 aromatic rings. The molecule has 2 atom stereocenters. The van der Waals surface area contributed by atoms with Crippen molar-refractivity contribution in [1.29, 1.82) is 0 Å². The third-order valence-electron chi connectivity index (χ3n) is 4.82. The van der Waals surface area contributed by atoms with Crippen LogP contribution in [0.15, 0.2) is 34.2 Å². The number of guanidine groups is 1. The van der Waals surface area contributed by atoms with Crippen molar-refractivity contribution in [2.75, 3.05) is 19.6 Å². The molecule has 6 nitrogen and oxygen atoms in total. The molecule has 25 heavy (non-hydrogen) atoms. The van der Waals surface area contributed by atoms with Crippen LogP contribution < -0.4 is 10.6 Å². The van der Waals surface area contributed by atoms with Crippen LogP contribution in [0.25, 0.3) is 0 Å². The second kappa shape index (κ2) is 7.74. The van der Waals surface area contributed by atoms with Crippen molar-refractivity contribution in [3.8, 4) is 0 Å². The number of aliphatic imine (C=N–C) groups is 1. The molecule has 7 heteroatoms. The quantitative estimate of drug-likeness (QED) is 0.598. The predicted octanol–water partition coefficient (Wildman–Crippen LogP) is 1.93. The van der Waals surface area contributed by atoms with Gasteiger partial charge in [-0.3, -0.25) is 0 Å². The summed E-state index contributed by atoms with van der Waals surface area (Å²) < 4.78 is 26.6. The maximum atomic E-state index is 12.5. The minimum absolute atomic E-state index is 0.374. The zero-order valence-corrected chi connectivity index (χ0v) is 15.8. The van der Waals surface area contributed by atoms with Crippen molar-refractivity contribution in [2.24, 2.45) is 10.9 Å². The first-order chi connectivity index (χ1) is 12.0. The van der Waals surface area contributed by atoms with Gasteiger partial charge in [0.25, 0.3) is 0 Å². The van der Waals surface area contributed by atoms with Gasteiger partial charge in [-0.25, -0.2) is 13.4 Å². The standard InChI is InChI=1S/C18H28N4O2S/c1-3-19-18(21-17-12-14(17)2)20-13-15-6-8-16(9-7-15)25(23,24)22-10-4-5-11-22/h6-9,14,17H,3-5,10-13H2,1-2H3,(H2,19,20,21). The van der Waals surface area contributed by atoms with Gasteiger partial charge in [0.2, 0.25) is 10.0 Å². The van der Waals surface area contributed by atoms with Crippen LogP contribution >= 0.6 is 0 Å². The molecule has 0 bridgehead atoms. The second-order valence-corrected chi connectivity index (χ2v) is 8.85. The summed E-state index contributed by atoms with van der Waals surface area (Å²) in [6.45, 7) is 6.88. The minimum Gasteiger partial charge on any atom is -0.357 e. The molecule has 1 aliphatic heterocycles. The zero-order chi connectivity index (χ0) is 17.9. The van der Waals surface area contributed by atoms with E-state index in [1.54, 1.807) is 16.4 Å². The van der Waals surface area contributed by atoms with Crippen molar-refractivity contribution >= 4 is 16.0 Å². The van der Waals surface area contributed by atoms with Gasteiger partial charge < -0.3 is 10.6 Å². The summed E-state index contributed by atoms with van der Waals surface area (Å²) in [5.74, 6) is 1.53. The van der Waals surface area contributed by atoms with Gasteiger partial charge in [0, 0.05) is 25.7 Å². The second-order valence-electron chi connectivity index (χ2n) is 6.91. The highest BCUT2D eigenvalue weighted by molar-refractivity contribution is 7.89. The Morgan fingerprint density at radius 3 is 2.44 bits per heavy atom. The third kappa shape index (κ3) is 4.52. The normalized spacial score (nSPS) is 24.3. The molecular formula is C18H28N4O2S. The van der Waals surface area contributed by atoms with Crippen LogP contribution in [-0.2, 0) is 16.6 Å².